The quantitative estimate of drug-likeness (QED) is 0.363. The number of fused-ring (bicyclic) bond motifs is 1. The molecule has 0 fully saturated rings. The Morgan fingerprint density at radius 1 is 1.05 bits per heavy atom. The first-order valence-corrected chi connectivity index (χ1v) is 12.3. The van der Waals surface area contributed by atoms with Crippen LogP contribution in [0.2, 0.25) is 0 Å². The van der Waals surface area contributed by atoms with Crippen LogP contribution in [0.5, 0.6) is 11.5 Å². The van der Waals surface area contributed by atoms with E-state index in [0.717, 1.165) is 16.9 Å². The summed E-state index contributed by atoms with van der Waals surface area (Å²) in [4.78, 5) is 54.6. The topological polar surface area (TPSA) is 113 Å². The fourth-order valence-electron chi connectivity index (χ4n) is 3.99. The number of esters is 3. The van der Waals surface area contributed by atoms with Crippen LogP contribution in [-0.4, -0.2) is 29.1 Å². The molecule has 0 radical (unpaired) electrons. The van der Waals surface area contributed by atoms with Gasteiger partial charge in [0.2, 0.25) is 0 Å². The first-order valence-electron chi connectivity index (χ1n) is 11.4. The van der Waals surface area contributed by atoms with Crippen LogP contribution in [0.25, 0.3) is 6.08 Å². The maximum atomic E-state index is 13.7. The molecule has 3 aromatic rings. The van der Waals surface area contributed by atoms with E-state index in [1.165, 1.54) is 30.5 Å². The summed E-state index contributed by atoms with van der Waals surface area (Å²) in [5.74, 6) is -1.32. The van der Waals surface area contributed by atoms with E-state index in [1.807, 2.05) is 30.3 Å². The first kappa shape index (κ1) is 25.8. The summed E-state index contributed by atoms with van der Waals surface area (Å²) in [6, 6.07) is 13.0. The fraction of sp³-hybridized carbons (Fsp3) is 0.222. The van der Waals surface area contributed by atoms with Crippen LogP contribution in [0.3, 0.4) is 0 Å². The second kappa shape index (κ2) is 10.8. The lowest BCUT2D eigenvalue weighted by Gasteiger charge is -2.24. The van der Waals surface area contributed by atoms with Crippen LogP contribution < -0.4 is 24.4 Å². The van der Waals surface area contributed by atoms with Gasteiger partial charge in [0.25, 0.3) is 5.56 Å². The largest absolute Gasteiger partial charge is 0.463 e. The van der Waals surface area contributed by atoms with E-state index >= 15 is 0 Å². The van der Waals surface area contributed by atoms with Crippen molar-refractivity contribution in [3.8, 4) is 11.5 Å². The summed E-state index contributed by atoms with van der Waals surface area (Å²) in [6.45, 7) is 6.12. The standard InChI is InChI=1S/C27H24N2O7S/c1-5-34-26(33)23-15(2)28-27-29(24(23)18-9-7-6-8-10-18)25(32)22(37-27)13-19-11-12-20(35-16(3)30)14-21(19)36-17(4)31/h6-14,24H,5H2,1-4H3/b22-13+/t24-/m1/s1. The van der Waals surface area contributed by atoms with Crippen molar-refractivity contribution in [2.24, 2.45) is 4.99 Å². The van der Waals surface area contributed by atoms with Crippen LogP contribution in [0, 0.1) is 0 Å². The maximum absolute atomic E-state index is 13.7. The van der Waals surface area contributed by atoms with E-state index in [2.05, 4.69) is 4.99 Å². The zero-order chi connectivity index (χ0) is 26.7. The summed E-state index contributed by atoms with van der Waals surface area (Å²) < 4.78 is 17.5. The Bertz CT molecular complexity index is 1600. The highest BCUT2D eigenvalue weighted by molar-refractivity contribution is 7.07. The molecule has 1 aromatic heterocycles. The van der Waals surface area contributed by atoms with Crippen molar-refractivity contribution in [1.29, 1.82) is 0 Å². The molecule has 0 saturated carbocycles. The molecule has 4 rings (SSSR count). The number of thiazole rings is 1. The number of carbonyl (C=O) groups excluding carboxylic acids is 3. The molecule has 9 nitrogen and oxygen atoms in total. The zero-order valence-electron chi connectivity index (χ0n) is 20.6. The van der Waals surface area contributed by atoms with Crippen LogP contribution in [0.15, 0.2) is 69.6 Å². The van der Waals surface area contributed by atoms with Crippen molar-refractivity contribution < 1.29 is 28.6 Å². The summed E-state index contributed by atoms with van der Waals surface area (Å²) in [6.07, 6.45) is 1.57. The molecule has 0 bridgehead atoms. The highest BCUT2D eigenvalue weighted by atomic mass is 32.1. The van der Waals surface area contributed by atoms with Crippen molar-refractivity contribution >= 4 is 35.3 Å². The van der Waals surface area contributed by atoms with Crippen molar-refractivity contribution in [1.82, 2.24) is 4.57 Å². The van der Waals surface area contributed by atoms with Crippen molar-refractivity contribution in [3.05, 3.63) is 90.6 Å². The highest BCUT2D eigenvalue weighted by Gasteiger charge is 2.33. The summed E-state index contributed by atoms with van der Waals surface area (Å²) in [5, 5.41) is 0. The van der Waals surface area contributed by atoms with Crippen LogP contribution in [0.1, 0.15) is 44.9 Å². The van der Waals surface area contributed by atoms with Gasteiger partial charge in [-0.3, -0.25) is 19.0 Å². The molecule has 190 valence electrons. The average molecular weight is 521 g/mol. The lowest BCUT2D eigenvalue weighted by molar-refractivity contribution is -0.139. The molecule has 1 aliphatic rings. The van der Waals surface area contributed by atoms with Crippen LogP contribution in [-0.2, 0) is 19.1 Å². The smallest absolute Gasteiger partial charge is 0.338 e. The molecule has 0 amide bonds. The molecule has 1 aliphatic heterocycles. The molecule has 0 unspecified atom stereocenters. The molecule has 2 aromatic carbocycles. The average Bonchev–Trinajstić information content (AvgIpc) is 3.14. The Labute approximate surface area is 215 Å². The normalized spacial score (nSPS) is 15.0. The minimum Gasteiger partial charge on any atom is -0.463 e. The van der Waals surface area contributed by atoms with Gasteiger partial charge in [-0.2, -0.15) is 0 Å². The lowest BCUT2D eigenvalue weighted by atomic mass is 9.96. The van der Waals surface area contributed by atoms with Crippen LogP contribution >= 0.6 is 11.3 Å². The lowest BCUT2D eigenvalue weighted by Crippen LogP contribution is -2.39. The van der Waals surface area contributed by atoms with Gasteiger partial charge in [0, 0.05) is 25.5 Å². The number of rotatable bonds is 6. The van der Waals surface area contributed by atoms with Crippen molar-refractivity contribution in [3.63, 3.8) is 0 Å². The number of aromatic nitrogens is 1. The van der Waals surface area contributed by atoms with Gasteiger partial charge in [-0.25, -0.2) is 9.79 Å². The number of hydrogen-bond acceptors (Lipinski definition) is 9. The molecule has 0 saturated heterocycles. The minimum absolute atomic E-state index is 0.125. The third-order valence-electron chi connectivity index (χ3n) is 5.42. The number of benzene rings is 2. The van der Waals surface area contributed by atoms with Gasteiger partial charge >= 0.3 is 17.9 Å². The Balaban J connectivity index is 1.91. The first-order chi connectivity index (χ1) is 17.7. The van der Waals surface area contributed by atoms with E-state index in [1.54, 1.807) is 26.0 Å². The Kier molecular flexibility index (Phi) is 7.49. The third kappa shape index (κ3) is 5.44. The Morgan fingerprint density at radius 3 is 2.41 bits per heavy atom. The zero-order valence-corrected chi connectivity index (χ0v) is 21.5. The van der Waals surface area contributed by atoms with Crippen LogP contribution in [0.4, 0.5) is 0 Å². The predicted molar refractivity (Wildman–Crippen MR) is 136 cm³/mol. The van der Waals surface area contributed by atoms with E-state index in [4.69, 9.17) is 14.2 Å². The Morgan fingerprint density at radius 2 is 1.76 bits per heavy atom. The molecule has 0 spiro atoms. The second-order valence-electron chi connectivity index (χ2n) is 8.10. The van der Waals surface area contributed by atoms with Gasteiger partial charge in [-0.1, -0.05) is 41.7 Å². The molecule has 1 atom stereocenters. The Hall–Kier alpha value is -4.31. The van der Waals surface area contributed by atoms with Crippen molar-refractivity contribution in [2.45, 2.75) is 33.7 Å². The SMILES string of the molecule is CCOC(=O)C1=C(C)N=c2s/c(=C/c3ccc(OC(C)=O)cc3OC(C)=O)c(=O)n2[C@@H]1c1ccccc1. The fourth-order valence-corrected chi connectivity index (χ4v) is 5.03. The number of hydrogen-bond donors (Lipinski definition) is 0. The van der Waals surface area contributed by atoms with Gasteiger partial charge in [-0.05, 0) is 37.6 Å². The number of allylic oxidation sites excluding steroid dienone is 1. The third-order valence-corrected chi connectivity index (χ3v) is 6.40. The molecule has 2 heterocycles. The van der Waals surface area contributed by atoms with E-state index in [9.17, 15) is 19.2 Å². The van der Waals surface area contributed by atoms with Gasteiger partial charge in [0.05, 0.1) is 28.5 Å². The molecule has 0 aliphatic carbocycles. The summed E-state index contributed by atoms with van der Waals surface area (Å²) >= 11 is 1.14. The van der Waals surface area contributed by atoms with E-state index < -0.39 is 23.9 Å². The molecule has 0 N–H and O–H groups in total. The molecule has 37 heavy (non-hydrogen) atoms. The summed E-state index contributed by atoms with van der Waals surface area (Å²) in [5.41, 5.74) is 1.54. The van der Waals surface area contributed by atoms with Gasteiger partial charge in [0.15, 0.2) is 4.80 Å². The summed E-state index contributed by atoms with van der Waals surface area (Å²) in [7, 11) is 0. The van der Waals surface area contributed by atoms with E-state index in [-0.39, 0.29) is 23.7 Å². The predicted octanol–water partition coefficient (Wildman–Crippen LogP) is 2.65. The minimum atomic E-state index is -0.724. The van der Waals surface area contributed by atoms with Gasteiger partial charge < -0.3 is 14.2 Å². The van der Waals surface area contributed by atoms with Gasteiger partial charge in [-0.15, -0.1) is 0 Å². The molecular formula is C27H24N2O7S. The second-order valence-corrected chi connectivity index (χ2v) is 9.11. The van der Waals surface area contributed by atoms with Crippen molar-refractivity contribution in [2.75, 3.05) is 6.61 Å². The molecular weight excluding hydrogens is 496 g/mol. The highest BCUT2D eigenvalue weighted by Crippen LogP contribution is 2.31. The number of carbonyl (C=O) groups is 3. The van der Waals surface area contributed by atoms with E-state index in [0.29, 0.717) is 26.2 Å². The monoisotopic (exact) mass is 520 g/mol. The number of ether oxygens (including phenoxy) is 3. The van der Waals surface area contributed by atoms with Gasteiger partial charge in [0.1, 0.15) is 11.5 Å². The molecule has 10 heteroatoms. The number of nitrogens with zero attached hydrogens (tertiary/aromatic N) is 2. The maximum Gasteiger partial charge on any atom is 0.338 e.